The van der Waals surface area contributed by atoms with Crippen LogP contribution in [0.3, 0.4) is 0 Å². The summed E-state index contributed by atoms with van der Waals surface area (Å²) in [6, 6.07) is 11.6. The second-order valence-electron chi connectivity index (χ2n) is 9.84. The number of ether oxygens (including phenoxy) is 1. The highest BCUT2D eigenvalue weighted by Crippen LogP contribution is 2.46. The molecule has 0 unspecified atom stereocenters. The van der Waals surface area contributed by atoms with E-state index in [1.807, 2.05) is 12.1 Å². The van der Waals surface area contributed by atoms with Crippen LogP contribution in [0.5, 0.6) is 5.75 Å². The van der Waals surface area contributed by atoms with Crippen LogP contribution in [0.1, 0.15) is 93.7 Å². The van der Waals surface area contributed by atoms with Crippen LogP contribution in [0.4, 0.5) is 13.2 Å². The zero-order chi connectivity index (χ0) is 23.4. The predicted molar refractivity (Wildman–Crippen MR) is 128 cm³/mol. The van der Waals surface area contributed by atoms with Gasteiger partial charge in [0.05, 0.1) is 12.4 Å². The summed E-state index contributed by atoms with van der Waals surface area (Å²) in [6.45, 7) is 3.56. The lowest BCUT2D eigenvalue weighted by Crippen LogP contribution is -2.25. The van der Waals surface area contributed by atoms with Gasteiger partial charge in [-0.3, -0.25) is 0 Å². The van der Waals surface area contributed by atoms with Gasteiger partial charge in [0.1, 0.15) is 0 Å². The highest BCUT2D eigenvalue weighted by Gasteiger charge is 2.33. The first-order chi connectivity index (χ1) is 16.0. The average molecular weight is 457 g/mol. The number of hydrogen-bond acceptors (Lipinski definition) is 1. The molecular weight excluding hydrogens is 421 g/mol. The smallest absolute Gasteiger partial charge is 0.200 e. The Morgan fingerprint density at radius 2 is 1.39 bits per heavy atom. The Balaban J connectivity index is 1.29. The molecule has 2 aliphatic rings. The normalized spacial score (nSPS) is 26.3. The molecule has 0 aliphatic heterocycles. The van der Waals surface area contributed by atoms with E-state index in [4.69, 9.17) is 4.74 Å². The summed E-state index contributed by atoms with van der Waals surface area (Å²) in [7, 11) is 0. The molecule has 0 saturated heterocycles. The minimum absolute atomic E-state index is 0.00725. The summed E-state index contributed by atoms with van der Waals surface area (Å²) in [5.41, 5.74) is 2.78. The van der Waals surface area contributed by atoms with E-state index in [1.54, 1.807) is 25.1 Å². The third-order valence-corrected chi connectivity index (χ3v) is 7.80. The van der Waals surface area contributed by atoms with Gasteiger partial charge >= 0.3 is 0 Å². The minimum atomic E-state index is -0.848. The van der Waals surface area contributed by atoms with E-state index in [0.717, 1.165) is 37.2 Å². The Hall–Kier alpha value is -2.23. The monoisotopic (exact) mass is 456 g/mol. The third-order valence-electron chi connectivity index (χ3n) is 7.80. The zero-order valence-electron chi connectivity index (χ0n) is 19.8. The molecule has 4 rings (SSSR count). The van der Waals surface area contributed by atoms with E-state index in [2.05, 4.69) is 12.1 Å². The van der Waals surface area contributed by atoms with Gasteiger partial charge in [-0.25, -0.2) is 8.78 Å². The fourth-order valence-corrected chi connectivity index (χ4v) is 6.05. The van der Waals surface area contributed by atoms with Gasteiger partial charge in [0.15, 0.2) is 11.6 Å². The van der Waals surface area contributed by atoms with Crippen molar-refractivity contribution in [2.45, 2.75) is 77.0 Å². The summed E-state index contributed by atoms with van der Waals surface area (Å²) >= 11 is 0. The molecule has 0 radical (unpaired) electrons. The van der Waals surface area contributed by atoms with Crippen LogP contribution in [0.2, 0.25) is 0 Å². The van der Waals surface area contributed by atoms with Crippen molar-refractivity contribution in [1.82, 2.24) is 0 Å². The second kappa shape index (κ2) is 10.8. The first-order valence-corrected chi connectivity index (χ1v) is 12.5. The number of allylic oxidation sites excluding steroid dienone is 1. The summed E-state index contributed by atoms with van der Waals surface area (Å²) in [4.78, 5) is 0. The van der Waals surface area contributed by atoms with E-state index in [9.17, 15) is 13.2 Å². The van der Waals surface area contributed by atoms with E-state index in [-0.39, 0.29) is 17.5 Å². The lowest BCUT2D eigenvalue weighted by atomic mass is 9.67. The molecule has 0 amide bonds. The van der Waals surface area contributed by atoms with Crippen molar-refractivity contribution in [3.05, 3.63) is 70.5 Å². The molecule has 2 aliphatic carbocycles. The Labute approximate surface area is 196 Å². The molecule has 2 fully saturated rings. The molecule has 0 N–H and O–H groups in total. The van der Waals surface area contributed by atoms with Crippen molar-refractivity contribution in [2.75, 3.05) is 6.61 Å². The van der Waals surface area contributed by atoms with Crippen molar-refractivity contribution in [3.8, 4) is 5.75 Å². The van der Waals surface area contributed by atoms with Crippen LogP contribution in [0.15, 0.2) is 42.2 Å². The predicted octanol–water partition coefficient (Wildman–Crippen LogP) is 8.94. The van der Waals surface area contributed by atoms with Gasteiger partial charge in [-0.1, -0.05) is 30.3 Å². The average Bonchev–Trinajstić information content (AvgIpc) is 2.83. The summed E-state index contributed by atoms with van der Waals surface area (Å²) in [5.74, 6) is 0.373. The number of benzene rings is 2. The van der Waals surface area contributed by atoms with Crippen LogP contribution in [0, 0.1) is 23.5 Å². The number of rotatable bonds is 6. The maximum Gasteiger partial charge on any atom is 0.200 e. The van der Waals surface area contributed by atoms with Gasteiger partial charge in [-0.2, -0.15) is 4.39 Å². The zero-order valence-corrected chi connectivity index (χ0v) is 19.8. The molecule has 2 saturated carbocycles. The summed E-state index contributed by atoms with van der Waals surface area (Å²) in [6.07, 6.45) is 10.5. The molecular formula is C29H35F3O. The minimum Gasteiger partial charge on any atom is -0.491 e. The first-order valence-electron chi connectivity index (χ1n) is 12.5. The summed E-state index contributed by atoms with van der Waals surface area (Å²) in [5, 5.41) is 0. The Bertz CT molecular complexity index is 946. The molecule has 0 aromatic heterocycles. The van der Waals surface area contributed by atoms with Gasteiger partial charge in [0.25, 0.3) is 0 Å². The number of hydrogen-bond donors (Lipinski definition) is 0. The summed E-state index contributed by atoms with van der Waals surface area (Å²) < 4.78 is 47.2. The number of halogens is 3. The Morgan fingerprint density at radius 1 is 0.818 bits per heavy atom. The molecule has 0 spiro atoms. The molecule has 1 nitrogen and oxygen atoms in total. The molecule has 0 atom stereocenters. The van der Waals surface area contributed by atoms with Gasteiger partial charge in [-0.05, 0) is 118 Å². The van der Waals surface area contributed by atoms with Crippen LogP contribution >= 0.6 is 0 Å². The SMILES string of the molecule is CCOc1ccc(C2CCC(C3CCC(c4ccc(/C=C(/C)F)cc4)CC3)CC2)c(F)c1F. The Morgan fingerprint density at radius 3 is 1.94 bits per heavy atom. The van der Waals surface area contributed by atoms with Crippen LogP contribution in [-0.2, 0) is 0 Å². The largest absolute Gasteiger partial charge is 0.491 e. The van der Waals surface area contributed by atoms with Crippen LogP contribution in [-0.4, -0.2) is 6.61 Å². The molecule has 0 heterocycles. The maximum absolute atomic E-state index is 14.6. The van der Waals surface area contributed by atoms with Crippen molar-refractivity contribution < 1.29 is 17.9 Å². The molecule has 0 bridgehead atoms. The first kappa shape index (κ1) is 23.9. The Kier molecular flexibility index (Phi) is 7.82. The third kappa shape index (κ3) is 5.65. The quantitative estimate of drug-likeness (QED) is 0.421. The standard InChI is InChI=1S/C29H35F3O/c1-3-33-27-17-16-26(28(31)29(27)32)25-14-12-24(13-15-25)23-10-8-22(9-11-23)21-6-4-20(5-7-21)18-19(2)30/h4-7,16-18,22-25H,3,8-15H2,1-2H3/b19-18-. The van der Waals surface area contributed by atoms with Crippen molar-refractivity contribution >= 4 is 6.08 Å². The fraction of sp³-hybridized carbons (Fsp3) is 0.517. The van der Waals surface area contributed by atoms with E-state index in [1.165, 1.54) is 38.2 Å². The van der Waals surface area contributed by atoms with E-state index < -0.39 is 11.6 Å². The lowest BCUT2D eigenvalue weighted by molar-refractivity contribution is 0.176. The van der Waals surface area contributed by atoms with Crippen molar-refractivity contribution in [3.63, 3.8) is 0 Å². The molecule has 4 heteroatoms. The molecule has 178 valence electrons. The van der Waals surface area contributed by atoms with Gasteiger partial charge in [0.2, 0.25) is 5.82 Å². The van der Waals surface area contributed by atoms with Crippen molar-refractivity contribution in [1.29, 1.82) is 0 Å². The highest BCUT2D eigenvalue weighted by molar-refractivity contribution is 5.51. The highest BCUT2D eigenvalue weighted by atomic mass is 19.2. The van der Waals surface area contributed by atoms with E-state index in [0.29, 0.717) is 24.0 Å². The molecule has 2 aromatic rings. The topological polar surface area (TPSA) is 9.23 Å². The van der Waals surface area contributed by atoms with Crippen LogP contribution in [0.25, 0.3) is 6.08 Å². The van der Waals surface area contributed by atoms with Crippen LogP contribution < -0.4 is 4.74 Å². The lowest BCUT2D eigenvalue weighted by Gasteiger charge is -2.38. The van der Waals surface area contributed by atoms with Gasteiger partial charge in [-0.15, -0.1) is 0 Å². The molecule has 33 heavy (non-hydrogen) atoms. The second-order valence-corrected chi connectivity index (χ2v) is 9.84. The van der Waals surface area contributed by atoms with Crippen molar-refractivity contribution in [2.24, 2.45) is 11.8 Å². The van der Waals surface area contributed by atoms with Gasteiger partial charge in [0, 0.05) is 0 Å². The maximum atomic E-state index is 14.6. The molecule has 2 aromatic carbocycles. The fourth-order valence-electron chi connectivity index (χ4n) is 6.05. The van der Waals surface area contributed by atoms with E-state index >= 15 is 0 Å². The van der Waals surface area contributed by atoms with Gasteiger partial charge < -0.3 is 4.74 Å².